The van der Waals surface area contributed by atoms with Crippen molar-refractivity contribution in [2.45, 2.75) is 32.2 Å². The van der Waals surface area contributed by atoms with E-state index in [2.05, 4.69) is 16.0 Å². The van der Waals surface area contributed by atoms with Crippen molar-refractivity contribution in [3.05, 3.63) is 24.3 Å². The van der Waals surface area contributed by atoms with Crippen LogP contribution in [-0.4, -0.2) is 30.3 Å². The van der Waals surface area contributed by atoms with Gasteiger partial charge in [0.2, 0.25) is 11.8 Å². The molecule has 1 fully saturated rings. The van der Waals surface area contributed by atoms with E-state index in [0.717, 1.165) is 0 Å². The average Bonchev–Trinajstić information content (AvgIpc) is 2.79. The molecule has 1 atom stereocenters. The maximum absolute atomic E-state index is 13.1. The zero-order valence-corrected chi connectivity index (χ0v) is 12.5. The Bertz CT molecular complexity index is 576. The molecule has 1 unspecified atom stereocenters. The number of carbonyl (C=O) groups excluding carboxylic acids is 2. The lowest BCUT2D eigenvalue weighted by atomic mass is 10.1. The van der Waals surface area contributed by atoms with Gasteiger partial charge in [0, 0.05) is 23.7 Å². The number of rotatable bonds is 4. The Morgan fingerprint density at radius 2 is 1.91 bits per heavy atom. The molecule has 1 aliphatic heterocycles. The molecule has 1 saturated heterocycles. The van der Waals surface area contributed by atoms with Crippen LogP contribution in [0.15, 0.2) is 24.3 Å². The fourth-order valence-electron chi connectivity index (χ4n) is 2.09. The van der Waals surface area contributed by atoms with Gasteiger partial charge in [-0.15, -0.1) is 0 Å². The highest BCUT2D eigenvalue weighted by molar-refractivity contribution is 5.97. The van der Waals surface area contributed by atoms with Crippen molar-refractivity contribution in [3.8, 4) is 0 Å². The van der Waals surface area contributed by atoms with Gasteiger partial charge in [0.05, 0.1) is 12.6 Å². The third-order valence-electron chi connectivity index (χ3n) is 3.35. The minimum absolute atomic E-state index is 0.138. The summed E-state index contributed by atoms with van der Waals surface area (Å²) in [6.45, 7) is 3.05. The van der Waals surface area contributed by atoms with Crippen molar-refractivity contribution in [3.63, 3.8) is 0 Å². The van der Waals surface area contributed by atoms with Gasteiger partial charge < -0.3 is 10.6 Å². The van der Waals surface area contributed by atoms with Crippen LogP contribution in [0.1, 0.15) is 20.3 Å². The number of amides is 2. The Balaban J connectivity index is 1.98. The van der Waals surface area contributed by atoms with Crippen LogP contribution in [0.2, 0.25) is 0 Å². The largest absolute Gasteiger partial charge is 0.326 e. The van der Waals surface area contributed by atoms with Gasteiger partial charge in [-0.1, -0.05) is 19.9 Å². The second-order valence-corrected chi connectivity index (χ2v) is 5.71. The molecule has 0 aliphatic carbocycles. The molecule has 0 radical (unpaired) electrons. The lowest BCUT2D eigenvalue weighted by Crippen LogP contribution is -2.35. The predicted octanol–water partition coefficient (Wildman–Crippen LogP) is 2.22. The molecule has 1 aliphatic rings. The number of alkyl halides is 2. The van der Waals surface area contributed by atoms with Gasteiger partial charge in [0.1, 0.15) is 0 Å². The number of halogens is 2. The molecular formula is C15H19F2N3O2. The van der Waals surface area contributed by atoms with Crippen LogP contribution in [0.5, 0.6) is 0 Å². The van der Waals surface area contributed by atoms with E-state index in [0.29, 0.717) is 11.4 Å². The molecule has 1 aromatic carbocycles. The summed E-state index contributed by atoms with van der Waals surface area (Å²) in [6.07, 6.45) is -0.511. The highest BCUT2D eigenvalue weighted by Crippen LogP contribution is 2.26. The van der Waals surface area contributed by atoms with Gasteiger partial charge in [-0.05, 0) is 18.2 Å². The van der Waals surface area contributed by atoms with E-state index in [-0.39, 0.29) is 11.8 Å². The average molecular weight is 311 g/mol. The SMILES string of the molecule is CC(C)C(=O)Nc1cccc(NC(=O)C2CC(F)(F)CN2)c1. The Hall–Kier alpha value is -2.02. The van der Waals surface area contributed by atoms with Crippen LogP contribution in [-0.2, 0) is 9.59 Å². The van der Waals surface area contributed by atoms with Crippen molar-refractivity contribution in [1.29, 1.82) is 0 Å². The van der Waals surface area contributed by atoms with Crippen LogP contribution in [0.3, 0.4) is 0 Å². The van der Waals surface area contributed by atoms with Crippen molar-refractivity contribution in [2.24, 2.45) is 5.92 Å². The first-order valence-electron chi connectivity index (χ1n) is 7.10. The van der Waals surface area contributed by atoms with E-state index in [1.807, 2.05) is 0 Å². The molecule has 2 amide bonds. The van der Waals surface area contributed by atoms with Crippen molar-refractivity contribution in [2.75, 3.05) is 17.2 Å². The number of carbonyl (C=O) groups is 2. The zero-order chi connectivity index (χ0) is 16.3. The highest BCUT2D eigenvalue weighted by atomic mass is 19.3. The van der Waals surface area contributed by atoms with E-state index in [1.54, 1.807) is 38.1 Å². The quantitative estimate of drug-likeness (QED) is 0.798. The van der Waals surface area contributed by atoms with E-state index in [9.17, 15) is 18.4 Å². The lowest BCUT2D eigenvalue weighted by Gasteiger charge is -2.13. The molecule has 1 aromatic rings. The van der Waals surface area contributed by atoms with Gasteiger partial charge in [-0.3, -0.25) is 14.9 Å². The summed E-state index contributed by atoms with van der Waals surface area (Å²) in [5, 5.41) is 7.79. The smallest absolute Gasteiger partial charge is 0.262 e. The maximum Gasteiger partial charge on any atom is 0.262 e. The Labute approximate surface area is 127 Å². The molecule has 5 nitrogen and oxygen atoms in total. The van der Waals surface area contributed by atoms with Crippen molar-refractivity contribution >= 4 is 23.2 Å². The predicted molar refractivity (Wildman–Crippen MR) is 79.9 cm³/mol. The summed E-state index contributed by atoms with van der Waals surface area (Å²) in [7, 11) is 0. The van der Waals surface area contributed by atoms with E-state index >= 15 is 0 Å². The summed E-state index contributed by atoms with van der Waals surface area (Å²) in [6, 6.07) is 5.67. The van der Waals surface area contributed by atoms with Crippen LogP contribution >= 0.6 is 0 Å². The summed E-state index contributed by atoms with van der Waals surface area (Å²) in [5.41, 5.74) is 0.991. The number of hydrogen-bond donors (Lipinski definition) is 3. The topological polar surface area (TPSA) is 70.2 Å². The monoisotopic (exact) mass is 311 g/mol. The molecule has 3 N–H and O–H groups in total. The maximum atomic E-state index is 13.1. The van der Waals surface area contributed by atoms with Gasteiger partial charge in [-0.25, -0.2) is 8.78 Å². The van der Waals surface area contributed by atoms with Crippen LogP contribution in [0, 0.1) is 5.92 Å². The fraction of sp³-hybridized carbons (Fsp3) is 0.467. The van der Waals surface area contributed by atoms with Crippen LogP contribution in [0.4, 0.5) is 20.2 Å². The molecule has 2 rings (SSSR count). The molecule has 1 heterocycles. The van der Waals surface area contributed by atoms with Crippen molar-refractivity contribution < 1.29 is 18.4 Å². The molecule has 22 heavy (non-hydrogen) atoms. The van der Waals surface area contributed by atoms with Gasteiger partial charge >= 0.3 is 0 Å². The summed E-state index contributed by atoms with van der Waals surface area (Å²) < 4.78 is 26.2. The molecule has 0 bridgehead atoms. The minimum atomic E-state index is -2.85. The summed E-state index contributed by atoms with van der Waals surface area (Å²) >= 11 is 0. The first-order valence-corrected chi connectivity index (χ1v) is 7.10. The zero-order valence-electron chi connectivity index (χ0n) is 12.5. The minimum Gasteiger partial charge on any atom is -0.326 e. The Kier molecular flexibility index (Phi) is 4.75. The second kappa shape index (κ2) is 6.39. The first-order chi connectivity index (χ1) is 10.3. The normalized spacial score (nSPS) is 20.0. The third kappa shape index (κ3) is 4.24. The lowest BCUT2D eigenvalue weighted by molar-refractivity contribution is -0.119. The second-order valence-electron chi connectivity index (χ2n) is 5.71. The molecule has 7 heteroatoms. The summed E-state index contributed by atoms with van der Waals surface area (Å²) in [4.78, 5) is 23.6. The standard InChI is InChI=1S/C15H19F2N3O2/c1-9(2)13(21)19-10-4-3-5-11(6-10)20-14(22)12-7-15(16,17)8-18-12/h3-6,9,12,18H,7-8H2,1-2H3,(H,19,21)(H,20,22). The molecule has 0 saturated carbocycles. The van der Waals surface area contributed by atoms with Gasteiger partial charge in [-0.2, -0.15) is 0 Å². The van der Waals surface area contributed by atoms with Gasteiger partial charge in [0.15, 0.2) is 0 Å². The number of benzene rings is 1. The number of hydrogen-bond acceptors (Lipinski definition) is 3. The van der Waals surface area contributed by atoms with E-state index in [4.69, 9.17) is 0 Å². The van der Waals surface area contributed by atoms with Crippen molar-refractivity contribution in [1.82, 2.24) is 5.32 Å². The van der Waals surface area contributed by atoms with E-state index in [1.165, 1.54) is 0 Å². The van der Waals surface area contributed by atoms with E-state index < -0.39 is 30.8 Å². The number of nitrogens with one attached hydrogen (secondary N) is 3. The Morgan fingerprint density at radius 1 is 1.27 bits per heavy atom. The fourth-order valence-corrected chi connectivity index (χ4v) is 2.09. The molecule has 0 aromatic heterocycles. The highest BCUT2D eigenvalue weighted by Gasteiger charge is 2.42. The Morgan fingerprint density at radius 3 is 2.45 bits per heavy atom. The summed E-state index contributed by atoms with van der Waals surface area (Å²) in [5.74, 6) is -3.66. The number of anilines is 2. The molecule has 0 spiro atoms. The molecular weight excluding hydrogens is 292 g/mol. The first kappa shape index (κ1) is 16.4. The van der Waals surface area contributed by atoms with Crippen LogP contribution < -0.4 is 16.0 Å². The molecule has 120 valence electrons. The van der Waals surface area contributed by atoms with Gasteiger partial charge in [0.25, 0.3) is 5.92 Å². The third-order valence-corrected chi connectivity index (χ3v) is 3.35. The van der Waals surface area contributed by atoms with Crippen LogP contribution in [0.25, 0.3) is 0 Å².